The van der Waals surface area contributed by atoms with Gasteiger partial charge in [0.1, 0.15) is 0 Å². The Labute approximate surface area is 328 Å². The maximum absolute atomic E-state index is 2.69. The van der Waals surface area contributed by atoms with Crippen molar-refractivity contribution in [3.8, 4) is 16.8 Å². The summed E-state index contributed by atoms with van der Waals surface area (Å²) < 4.78 is 5.24. The van der Waals surface area contributed by atoms with Gasteiger partial charge in [0.05, 0.1) is 17.1 Å². The molecule has 2 aromatic heterocycles. The SMILES string of the molecule is Cc1c(C)n(-c2ccc3c(c2)C(C)(C)c2ccccc2-3)c2c1cc1ccc3c4c(ccc2c14)cc1c(C)c(C)n(C2C=CC4=C(C2)C(C)(C)c2ccccc24)c13. The van der Waals surface area contributed by atoms with Gasteiger partial charge >= 0.3 is 0 Å². The molecule has 0 radical (unpaired) electrons. The van der Waals surface area contributed by atoms with Gasteiger partial charge in [-0.3, -0.25) is 0 Å². The van der Waals surface area contributed by atoms with Crippen LogP contribution >= 0.6 is 0 Å². The molecule has 0 fully saturated rings. The van der Waals surface area contributed by atoms with Crippen LogP contribution < -0.4 is 0 Å². The first-order valence-corrected chi connectivity index (χ1v) is 20.5. The van der Waals surface area contributed by atoms with Crippen molar-refractivity contribution in [1.82, 2.24) is 9.13 Å². The Kier molecular flexibility index (Phi) is 6.07. The highest BCUT2D eigenvalue weighted by molar-refractivity contribution is 6.32. The van der Waals surface area contributed by atoms with E-state index < -0.39 is 0 Å². The summed E-state index contributed by atoms with van der Waals surface area (Å²) in [7, 11) is 0. The molecule has 0 amide bonds. The van der Waals surface area contributed by atoms with Gasteiger partial charge in [0.15, 0.2) is 0 Å². The molecule has 2 nitrogen and oxygen atoms in total. The van der Waals surface area contributed by atoms with Crippen LogP contribution in [0.1, 0.15) is 84.9 Å². The second-order valence-electron chi connectivity index (χ2n) is 18.2. The number of hydrogen-bond donors (Lipinski definition) is 0. The molecule has 2 heteroatoms. The minimum atomic E-state index is -0.0561. The summed E-state index contributed by atoms with van der Waals surface area (Å²) >= 11 is 0. The van der Waals surface area contributed by atoms with E-state index in [1.807, 2.05) is 0 Å². The summed E-state index contributed by atoms with van der Waals surface area (Å²) in [6.07, 6.45) is 5.94. The van der Waals surface area contributed by atoms with E-state index in [-0.39, 0.29) is 16.9 Å². The van der Waals surface area contributed by atoms with Gasteiger partial charge in [0.25, 0.3) is 0 Å². The fourth-order valence-corrected chi connectivity index (χ4v) is 11.8. The predicted octanol–water partition coefficient (Wildman–Crippen LogP) is 14.3. The molecule has 272 valence electrons. The van der Waals surface area contributed by atoms with E-state index in [2.05, 4.69) is 180 Å². The van der Waals surface area contributed by atoms with Crippen LogP contribution in [0.25, 0.3) is 76.5 Å². The zero-order chi connectivity index (χ0) is 38.2. The molecule has 7 aromatic carbocycles. The van der Waals surface area contributed by atoms with Gasteiger partial charge in [0.2, 0.25) is 0 Å². The first-order valence-electron chi connectivity index (χ1n) is 20.5. The summed E-state index contributed by atoms with van der Waals surface area (Å²) in [6, 6.07) is 40.1. The number of aromatic nitrogens is 2. The van der Waals surface area contributed by atoms with Crippen molar-refractivity contribution in [2.75, 3.05) is 0 Å². The summed E-state index contributed by atoms with van der Waals surface area (Å²) in [5.41, 5.74) is 20.7. The lowest BCUT2D eigenvalue weighted by atomic mass is 9.77. The van der Waals surface area contributed by atoms with Gasteiger partial charge in [-0.2, -0.15) is 0 Å². The van der Waals surface area contributed by atoms with E-state index in [0.29, 0.717) is 0 Å². The first kappa shape index (κ1) is 32.4. The molecule has 0 N–H and O–H groups in total. The monoisotopic (exact) mass is 722 g/mol. The molecule has 0 aliphatic heterocycles. The topological polar surface area (TPSA) is 9.86 Å². The van der Waals surface area contributed by atoms with E-state index in [0.717, 1.165) is 6.42 Å². The Morgan fingerprint density at radius 1 is 0.536 bits per heavy atom. The second-order valence-corrected chi connectivity index (χ2v) is 18.2. The smallest absolute Gasteiger partial charge is 0.0613 e. The molecule has 56 heavy (non-hydrogen) atoms. The molecule has 3 aliphatic rings. The van der Waals surface area contributed by atoms with E-state index >= 15 is 0 Å². The predicted molar refractivity (Wildman–Crippen MR) is 238 cm³/mol. The number of hydrogen-bond acceptors (Lipinski definition) is 0. The molecular weight excluding hydrogens is 677 g/mol. The Hall–Kier alpha value is -5.86. The fraction of sp³-hybridized carbons (Fsp3) is 0.222. The Bertz CT molecular complexity index is 3310. The number of fused-ring (bicyclic) bond motifs is 9. The van der Waals surface area contributed by atoms with Crippen molar-refractivity contribution in [2.24, 2.45) is 0 Å². The standard InChI is InChI=1S/C54H46N2/c1-29-31(3)55(35-19-23-39-37-13-9-11-15-45(37)53(5,6)47(39)27-35)51-41-21-18-34-26-44-30(2)32(4)56(52(44)42-22-17-33(25-43(29)51)49(41)50(34)42)36-20-24-40-38-14-10-12-16-46(38)54(7,8)48(40)28-36/h9-27,36H,28H2,1-8H3. The van der Waals surface area contributed by atoms with E-state index in [4.69, 9.17) is 0 Å². The van der Waals surface area contributed by atoms with Crippen LogP contribution in [0.2, 0.25) is 0 Å². The van der Waals surface area contributed by atoms with E-state index in [1.165, 1.54) is 121 Å². The number of allylic oxidation sites excluding steroid dienone is 4. The largest absolute Gasteiger partial charge is 0.337 e. The molecule has 3 aliphatic carbocycles. The molecule has 9 aromatic rings. The summed E-state index contributed by atoms with van der Waals surface area (Å²) in [6.45, 7) is 18.9. The van der Waals surface area contributed by atoms with E-state index in [9.17, 15) is 0 Å². The molecule has 0 saturated carbocycles. The van der Waals surface area contributed by atoms with Gasteiger partial charge in [0, 0.05) is 49.5 Å². The van der Waals surface area contributed by atoms with Crippen molar-refractivity contribution in [2.45, 2.75) is 78.7 Å². The quantitative estimate of drug-likeness (QED) is 0.157. The second kappa shape index (κ2) is 10.5. The van der Waals surface area contributed by atoms with Crippen LogP contribution in [0, 0.1) is 27.7 Å². The summed E-state index contributed by atoms with van der Waals surface area (Å²) in [5.74, 6) is 0. The molecule has 2 heterocycles. The van der Waals surface area contributed by atoms with Gasteiger partial charge in [-0.1, -0.05) is 119 Å². The van der Waals surface area contributed by atoms with Crippen LogP contribution in [0.5, 0.6) is 0 Å². The molecule has 0 saturated heterocycles. The zero-order valence-corrected chi connectivity index (χ0v) is 33.6. The lowest BCUT2D eigenvalue weighted by Crippen LogP contribution is -2.21. The normalized spacial score (nSPS) is 17.9. The minimum absolute atomic E-state index is 0.0158. The van der Waals surface area contributed by atoms with Crippen molar-refractivity contribution >= 4 is 59.7 Å². The number of benzene rings is 7. The van der Waals surface area contributed by atoms with Crippen LogP contribution in [0.3, 0.4) is 0 Å². The highest BCUT2D eigenvalue weighted by atomic mass is 15.0. The lowest BCUT2D eigenvalue weighted by Gasteiger charge is -2.30. The first-order chi connectivity index (χ1) is 27.0. The number of aryl methyl sites for hydroxylation is 2. The maximum Gasteiger partial charge on any atom is 0.0613 e. The molecule has 0 spiro atoms. The van der Waals surface area contributed by atoms with Crippen LogP contribution in [-0.2, 0) is 10.8 Å². The number of nitrogens with zero attached hydrogens (tertiary/aromatic N) is 2. The van der Waals surface area contributed by atoms with Gasteiger partial charge in [-0.15, -0.1) is 0 Å². The van der Waals surface area contributed by atoms with Crippen molar-refractivity contribution in [1.29, 1.82) is 0 Å². The van der Waals surface area contributed by atoms with Crippen molar-refractivity contribution < 1.29 is 0 Å². The third-order valence-corrected chi connectivity index (χ3v) is 14.9. The summed E-state index contributed by atoms with van der Waals surface area (Å²) in [5, 5.41) is 10.8. The lowest BCUT2D eigenvalue weighted by molar-refractivity contribution is 0.531. The molecular formula is C54H46N2. The van der Waals surface area contributed by atoms with Crippen LogP contribution in [0.4, 0.5) is 0 Å². The Balaban J connectivity index is 1.09. The molecule has 12 rings (SSSR count). The average Bonchev–Trinajstić information content (AvgIpc) is 3.80. The van der Waals surface area contributed by atoms with E-state index in [1.54, 1.807) is 5.57 Å². The van der Waals surface area contributed by atoms with Gasteiger partial charge in [-0.25, -0.2) is 0 Å². The summed E-state index contributed by atoms with van der Waals surface area (Å²) in [4.78, 5) is 0. The third kappa shape index (κ3) is 3.78. The Morgan fingerprint density at radius 2 is 1.12 bits per heavy atom. The minimum Gasteiger partial charge on any atom is -0.337 e. The average molecular weight is 723 g/mol. The highest BCUT2D eigenvalue weighted by Gasteiger charge is 2.40. The molecule has 1 atom stereocenters. The fourth-order valence-electron chi connectivity index (χ4n) is 11.8. The van der Waals surface area contributed by atoms with Crippen LogP contribution in [-0.4, -0.2) is 9.13 Å². The van der Waals surface area contributed by atoms with Crippen molar-refractivity contribution in [3.05, 3.63) is 166 Å². The highest BCUT2D eigenvalue weighted by Crippen LogP contribution is 2.54. The van der Waals surface area contributed by atoms with Crippen molar-refractivity contribution in [3.63, 3.8) is 0 Å². The molecule has 0 bridgehead atoms. The zero-order valence-electron chi connectivity index (χ0n) is 33.6. The maximum atomic E-state index is 2.69. The number of rotatable bonds is 2. The Morgan fingerprint density at radius 3 is 1.84 bits per heavy atom. The van der Waals surface area contributed by atoms with Gasteiger partial charge in [-0.05, 0) is 136 Å². The van der Waals surface area contributed by atoms with Crippen LogP contribution in [0.15, 0.2) is 121 Å². The molecule has 1 unspecified atom stereocenters. The third-order valence-electron chi connectivity index (χ3n) is 14.9. The van der Waals surface area contributed by atoms with Gasteiger partial charge < -0.3 is 9.13 Å².